The number of carbonyl (C=O) groups is 2. The van der Waals surface area contributed by atoms with E-state index in [0.29, 0.717) is 17.7 Å². The van der Waals surface area contributed by atoms with Gasteiger partial charge in [-0.2, -0.15) is 0 Å². The molecule has 0 aliphatic carbocycles. The van der Waals surface area contributed by atoms with E-state index < -0.39 is 0 Å². The van der Waals surface area contributed by atoms with Crippen LogP contribution in [0, 0.1) is 0 Å². The SMILES string of the molecule is CCCCCCCOc1ccc(C(=O)NNC(=O)c2ccccc2)cc1. The van der Waals surface area contributed by atoms with Crippen molar-refractivity contribution in [2.24, 2.45) is 0 Å². The second-order valence-electron chi connectivity index (χ2n) is 6.06. The molecule has 0 bridgehead atoms. The van der Waals surface area contributed by atoms with Crippen LogP contribution in [0.4, 0.5) is 0 Å². The van der Waals surface area contributed by atoms with Crippen molar-refractivity contribution in [3.8, 4) is 5.75 Å². The minimum Gasteiger partial charge on any atom is -0.494 e. The Balaban J connectivity index is 1.73. The Labute approximate surface area is 154 Å². The number of hydrogen-bond donors (Lipinski definition) is 2. The van der Waals surface area contributed by atoms with Gasteiger partial charge < -0.3 is 4.74 Å². The van der Waals surface area contributed by atoms with Crippen LogP contribution in [0.1, 0.15) is 59.7 Å². The standard InChI is InChI=1S/C21H26N2O3/c1-2-3-4-5-9-16-26-19-14-12-18(13-15-19)21(25)23-22-20(24)17-10-7-6-8-11-17/h6-8,10-15H,2-5,9,16H2,1H3,(H,22,24)(H,23,25). The van der Waals surface area contributed by atoms with Crippen molar-refractivity contribution < 1.29 is 14.3 Å². The Morgan fingerprint density at radius 2 is 1.35 bits per heavy atom. The van der Waals surface area contributed by atoms with E-state index in [9.17, 15) is 9.59 Å². The molecule has 0 heterocycles. The van der Waals surface area contributed by atoms with Gasteiger partial charge >= 0.3 is 0 Å². The highest BCUT2D eigenvalue weighted by Gasteiger charge is 2.08. The van der Waals surface area contributed by atoms with Gasteiger partial charge in [0.15, 0.2) is 0 Å². The summed E-state index contributed by atoms with van der Waals surface area (Å²) in [6.07, 6.45) is 5.96. The first-order valence-electron chi connectivity index (χ1n) is 9.09. The van der Waals surface area contributed by atoms with E-state index in [1.807, 2.05) is 6.07 Å². The number of carbonyl (C=O) groups excluding carboxylic acids is 2. The van der Waals surface area contributed by atoms with E-state index in [4.69, 9.17) is 4.74 Å². The predicted molar refractivity (Wildman–Crippen MR) is 102 cm³/mol. The first-order valence-corrected chi connectivity index (χ1v) is 9.09. The summed E-state index contributed by atoms with van der Waals surface area (Å²) < 4.78 is 5.68. The van der Waals surface area contributed by atoms with Gasteiger partial charge in [0.05, 0.1) is 6.61 Å². The van der Waals surface area contributed by atoms with E-state index in [2.05, 4.69) is 17.8 Å². The first kappa shape index (κ1) is 19.5. The molecule has 0 spiro atoms. The lowest BCUT2D eigenvalue weighted by molar-refractivity contribution is 0.0846. The van der Waals surface area contributed by atoms with Crippen LogP contribution in [0.25, 0.3) is 0 Å². The van der Waals surface area contributed by atoms with Gasteiger partial charge in [-0.05, 0) is 42.8 Å². The Morgan fingerprint density at radius 1 is 0.769 bits per heavy atom. The smallest absolute Gasteiger partial charge is 0.269 e. The molecule has 0 aliphatic heterocycles. The molecule has 2 aromatic carbocycles. The van der Waals surface area contributed by atoms with E-state index >= 15 is 0 Å². The molecule has 2 N–H and O–H groups in total. The van der Waals surface area contributed by atoms with Crippen LogP contribution in [0.5, 0.6) is 5.75 Å². The normalized spacial score (nSPS) is 10.2. The third-order valence-electron chi connectivity index (χ3n) is 3.96. The zero-order valence-corrected chi connectivity index (χ0v) is 15.2. The minimum atomic E-state index is -0.375. The number of benzene rings is 2. The fraction of sp³-hybridized carbons (Fsp3) is 0.333. The third-order valence-corrected chi connectivity index (χ3v) is 3.96. The van der Waals surface area contributed by atoms with Crippen molar-refractivity contribution >= 4 is 11.8 Å². The van der Waals surface area contributed by atoms with Crippen molar-refractivity contribution in [1.29, 1.82) is 0 Å². The Morgan fingerprint density at radius 3 is 1.96 bits per heavy atom. The molecule has 2 amide bonds. The van der Waals surface area contributed by atoms with Crippen molar-refractivity contribution in [2.45, 2.75) is 39.0 Å². The number of hydrazine groups is 1. The van der Waals surface area contributed by atoms with Crippen molar-refractivity contribution in [3.63, 3.8) is 0 Å². The van der Waals surface area contributed by atoms with E-state index in [1.54, 1.807) is 48.5 Å². The number of hydrogen-bond acceptors (Lipinski definition) is 3. The molecule has 0 fully saturated rings. The zero-order valence-electron chi connectivity index (χ0n) is 15.2. The predicted octanol–water partition coefficient (Wildman–Crippen LogP) is 4.11. The summed E-state index contributed by atoms with van der Waals surface area (Å²) in [5, 5.41) is 0. The fourth-order valence-corrected chi connectivity index (χ4v) is 2.45. The number of nitrogens with one attached hydrogen (secondary N) is 2. The molecule has 0 aromatic heterocycles. The molecular formula is C21H26N2O3. The lowest BCUT2D eigenvalue weighted by Crippen LogP contribution is -2.41. The summed E-state index contributed by atoms with van der Waals surface area (Å²) in [6.45, 7) is 2.88. The number of unbranched alkanes of at least 4 members (excludes halogenated alkanes) is 4. The van der Waals surface area contributed by atoms with Crippen molar-refractivity contribution in [1.82, 2.24) is 10.9 Å². The van der Waals surface area contributed by atoms with Gasteiger partial charge in [-0.15, -0.1) is 0 Å². The molecule has 5 heteroatoms. The van der Waals surface area contributed by atoms with Gasteiger partial charge in [0.2, 0.25) is 0 Å². The number of amides is 2. The Bertz CT molecular complexity index is 684. The summed E-state index contributed by atoms with van der Waals surface area (Å²) in [4.78, 5) is 24.0. The van der Waals surface area contributed by atoms with Gasteiger partial charge in [0, 0.05) is 11.1 Å². The lowest BCUT2D eigenvalue weighted by Gasteiger charge is -2.09. The van der Waals surface area contributed by atoms with Gasteiger partial charge in [-0.25, -0.2) is 0 Å². The number of rotatable bonds is 9. The average Bonchev–Trinajstić information content (AvgIpc) is 2.69. The van der Waals surface area contributed by atoms with Crippen LogP contribution < -0.4 is 15.6 Å². The summed E-state index contributed by atoms with van der Waals surface area (Å²) in [6, 6.07) is 15.6. The maximum Gasteiger partial charge on any atom is 0.269 e. The Kier molecular flexibility index (Phi) is 8.19. The summed E-state index contributed by atoms with van der Waals surface area (Å²) >= 11 is 0. The van der Waals surface area contributed by atoms with Crippen LogP contribution in [0.3, 0.4) is 0 Å². The van der Waals surface area contributed by atoms with Crippen LogP contribution in [-0.4, -0.2) is 18.4 Å². The van der Waals surface area contributed by atoms with Crippen LogP contribution in [0.2, 0.25) is 0 Å². The van der Waals surface area contributed by atoms with E-state index in [-0.39, 0.29) is 11.8 Å². The van der Waals surface area contributed by atoms with Gasteiger partial charge in [0.25, 0.3) is 11.8 Å². The minimum absolute atomic E-state index is 0.359. The maximum absolute atomic E-state index is 12.1. The van der Waals surface area contributed by atoms with Crippen molar-refractivity contribution in [2.75, 3.05) is 6.61 Å². The van der Waals surface area contributed by atoms with Crippen LogP contribution in [-0.2, 0) is 0 Å². The second kappa shape index (κ2) is 10.9. The first-order chi connectivity index (χ1) is 12.7. The van der Waals surface area contributed by atoms with Crippen LogP contribution in [0.15, 0.2) is 54.6 Å². The quantitative estimate of drug-likeness (QED) is 0.526. The molecule has 26 heavy (non-hydrogen) atoms. The molecule has 2 aromatic rings. The summed E-state index contributed by atoms with van der Waals surface area (Å²) in [5.41, 5.74) is 5.74. The zero-order chi connectivity index (χ0) is 18.6. The van der Waals surface area contributed by atoms with Crippen LogP contribution >= 0.6 is 0 Å². The summed E-state index contributed by atoms with van der Waals surface area (Å²) in [5.74, 6) is 0.00716. The molecular weight excluding hydrogens is 328 g/mol. The topological polar surface area (TPSA) is 67.4 Å². The van der Waals surface area contributed by atoms with Gasteiger partial charge in [-0.1, -0.05) is 50.8 Å². The monoisotopic (exact) mass is 354 g/mol. The average molecular weight is 354 g/mol. The summed E-state index contributed by atoms with van der Waals surface area (Å²) in [7, 11) is 0. The molecule has 0 radical (unpaired) electrons. The molecule has 138 valence electrons. The van der Waals surface area contributed by atoms with Gasteiger partial charge in [-0.3, -0.25) is 20.4 Å². The molecule has 0 saturated carbocycles. The highest BCUT2D eigenvalue weighted by Crippen LogP contribution is 2.13. The van der Waals surface area contributed by atoms with E-state index in [0.717, 1.165) is 12.2 Å². The molecule has 5 nitrogen and oxygen atoms in total. The second-order valence-corrected chi connectivity index (χ2v) is 6.06. The third kappa shape index (κ3) is 6.59. The molecule has 0 atom stereocenters. The maximum atomic E-state index is 12.1. The lowest BCUT2D eigenvalue weighted by atomic mass is 10.2. The highest BCUT2D eigenvalue weighted by molar-refractivity contribution is 5.99. The number of ether oxygens (including phenoxy) is 1. The fourth-order valence-electron chi connectivity index (χ4n) is 2.45. The molecule has 0 unspecified atom stereocenters. The van der Waals surface area contributed by atoms with Gasteiger partial charge in [0.1, 0.15) is 5.75 Å². The molecule has 0 saturated heterocycles. The highest BCUT2D eigenvalue weighted by atomic mass is 16.5. The Hall–Kier alpha value is -2.82. The van der Waals surface area contributed by atoms with E-state index in [1.165, 1.54) is 25.7 Å². The molecule has 2 rings (SSSR count). The largest absolute Gasteiger partial charge is 0.494 e. The van der Waals surface area contributed by atoms with Crippen molar-refractivity contribution in [3.05, 3.63) is 65.7 Å². The molecule has 0 aliphatic rings.